The van der Waals surface area contributed by atoms with Gasteiger partial charge in [0.25, 0.3) is 10.0 Å². The van der Waals surface area contributed by atoms with Crippen LogP contribution in [-0.4, -0.2) is 41.7 Å². The first-order chi connectivity index (χ1) is 11.6. The lowest BCUT2D eigenvalue weighted by molar-refractivity contribution is -0.115. The van der Waals surface area contributed by atoms with Crippen molar-refractivity contribution in [1.82, 2.24) is 14.3 Å². The molecule has 2 aliphatic rings. The molecule has 4 rings (SSSR count). The van der Waals surface area contributed by atoms with Gasteiger partial charge in [-0.05, 0) is 30.4 Å². The smallest absolute Gasteiger partial charge is 0.254 e. The lowest BCUT2D eigenvalue weighted by Crippen LogP contribution is -2.37. The zero-order valence-electron chi connectivity index (χ0n) is 12.8. The summed E-state index contributed by atoms with van der Waals surface area (Å²) in [6.45, 7) is 0.951. The number of carbonyl (C=O) groups is 1. The van der Waals surface area contributed by atoms with Gasteiger partial charge < -0.3 is 5.32 Å². The van der Waals surface area contributed by atoms with Crippen LogP contribution in [0.2, 0.25) is 0 Å². The topological polar surface area (TPSA) is 92.3 Å². The summed E-state index contributed by atoms with van der Waals surface area (Å²) in [5, 5.41) is 2.77. The van der Waals surface area contributed by atoms with Crippen molar-refractivity contribution in [3.63, 3.8) is 0 Å². The van der Waals surface area contributed by atoms with E-state index in [0.717, 1.165) is 35.3 Å². The number of fused-ring (bicyclic) bond motifs is 1. The van der Waals surface area contributed by atoms with Gasteiger partial charge in [-0.25, -0.2) is 13.4 Å². The van der Waals surface area contributed by atoms with Gasteiger partial charge in [-0.2, -0.15) is 4.31 Å². The number of nitrogens with one attached hydrogen (secondary N) is 1. The molecule has 1 saturated heterocycles. The second-order valence-electron chi connectivity index (χ2n) is 5.95. The minimum atomic E-state index is -3.43. The largest absolute Gasteiger partial charge is 0.310 e. The Balaban J connectivity index is 1.52. The number of thiazole rings is 1. The number of hydrogen-bond donors (Lipinski definition) is 1. The highest BCUT2D eigenvalue weighted by Crippen LogP contribution is 2.36. The number of anilines is 1. The average Bonchev–Trinajstić information content (AvgIpc) is 3.23. The van der Waals surface area contributed by atoms with Crippen LogP contribution in [0, 0.1) is 0 Å². The van der Waals surface area contributed by atoms with Gasteiger partial charge in [-0.1, -0.05) is 0 Å². The van der Waals surface area contributed by atoms with Crippen LogP contribution in [0.25, 0.3) is 0 Å². The van der Waals surface area contributed by atoms with Crippen LogP contribution in [0.4, 0.5) is 5.82 Å². The summed E-state index contributed by atoms with van der Waals surface area (Å²) in [6.07, 6.45) is 4.95. The Hall–Kier alpha value is -1.84. The summed E-state index contributed by atoms with van der Waals surface area (Å²) in [6, 6.07) is 1.96. The Bertz CT molecular complexity index is 872. The molecule has 0 atom stereocenters. The molecule has 7 nitrogen and oxygen atoms in total. The number of hydrogen-bond acceptors (Lipinski definition) is 6. The summed E-state index contributed by atoms with van der Waals surface area (Å²) < 4.78 is 26.9. The molecule has 2 aromatic heterocycles. The number of sulfonamides is 1. The van der Waals surface area contributed by atoms with Crippen LogP contribution in [0.3, 0.4) is 0 Å². The monoisotopic (exact) mass is 364 g/mol. The van der Waals surface area contributed by atoms with Gasteiger partial charge >= 0.3 is 0 Å². The number of aromatic nitrogens is 2. The van der Waals surface area contributed by atoms with Crippen LogP contribution in [0.5, 0.6) is 0 Å². The molecule has 0 unspecified atom stereocenters. The first kappa shape index (κ1) is 15.7. The molecule has 2 aromatic rings. The lowest BCUT2D eigenvalue weighted by Gasteiger charge is -2.31. The Morgan fingerprint density at radius 3 is 2.79 bits per heavy atom. The third kappa shape index (κ3) is 2.62. The highest BCUT2D eigenvalue weighted by atomic mass is 32.2. The summed E-state index contributed by atoms with van der Waals surface area (Å²) in [7, 11) is -3.43. The zero-order valence-corrected chi connectivity index (χ0v) is 14.4. The second-order valence-corrected chi connectivity index (χ2v) is 9.00. The molecule has 0 bridgehead atoms. The van der Waals surface area contributed by atoms with Crippen LogP contribution in [0.1, 0.15) is 29.9 Å². The number of nitrogens with zero attached hydrogens (tertiary/aromatic N) is 3. The molecule has 24 heavy (non-hydrogen) atoms. The fourth-order valence-corrected chi connectivity index (χ4v) is 5.81. The van der Waals surface area contributed by atoms with Gasteiger partial charge in [0.15, 0.2) is 4.21 Å². The maximum Gasteiger partial charge on any atom is 0.254 e. The summed E-state index contributed by atoms with van der Waals surface area (Å²) in [4.78, 5) is 19.7. The molecule has 0 aromatic carbocycles. The van der Waals surface area contributed by atoms with E-state index in [9.17, 15) is 13.2 Å². The molecule has 0 aliphatic carbocycles. The Morgan fingerprint density at radius 1 is 1.29 bits per heavy atom. The molecular weight excluding hydrogens is 348 g/mol. The van der Waals surface area contributed by atoms with Crippen LogP contribution >= 0.6 is 11.3 Å². The summed E-state index contributed by atoms with van der Waals surface area (Å²) in [5.74, 6) is 0.870. The molecule has 0 spiro atoms. The standard InChI is InChI=1S/C15H16N4O3S2/c20-13-7-12-11(1-4-17-15(12)18-13)10-2-5-19(6-3-10)24(21,22)14-8-16-9-23-14/h1,4,8-10H,2-3,5-7H2,(H,17,18,20). The molecular formula is C15H16N4O3S2. The van der Waals surface area contributed by atoms with Crippen LogP contribution in [-0.2, 0) is 21.2 Å². The molecule has 0 radical (unpaired) electrons. The quantitative estimate of drug-likeness (QED) is 0.893. The molecule has 1 fully saturated rings. The van der Waals surface area contributed by atoms with Crippen molar-refractivity contribution < 1.29 is 13.2 Å². The highest BCUT2D eigenvalue weighted by Gasteiger charge is 2.33. The van der Waals surface area contributed by atoms with E-state index in [4.69, 9.17) is 0 Å². The molecule has 126 valence electrons. The molecule has 2 aliphatic heterocycles. The normalized spacial score (nSPS) is 19.2. The maximum absolute atomic E-state index is 12.6. The van der Waals surface area contributed by atoms with Gasteiger partial charge in [0.1, 0.15) is 5.82 Å². The SMILES string of the molecule is O=C1Cc2c(C3CCN(S(=O)(=O)c4cncs4)CC3)ccnc2N1. The van der Waals surface area contributed by atoms with E-state index in [1.165, 1.54) is 16.0 Å². The van der Waals surface area contributed by atoms with Gasteiger partial charge in [-0.3, -0.25) is 9.78 Å². The van der Waals surface area contributed by atoms with E-state index in [0.29, 0.717) is 29.5 Å². The van der Waals surface area contributed by atoms with Gasteiger partial charge in [-0.15, -0.1) is 11.3 Å². The third-order valence-electron chi connectivity index (χ3n) is 4.58. The Morgan fingerprint density at radius 2 is 2.08 bits per heavy atom. The first-order valence-electron chi connectivity index (χ1n) is 7.72. The highest BCUT2D eigenvalue weighted by molar-refractivity contribution is 7.91. The zero-order chi connectivity index (χ0) is 16.7. The molecule has 1 amide bonds. The number of pyridine rings is 1. The minimum absolute atomic E-state index is 0.0323. The second kappa shape index (κ2) is 5.91. The number of carbonyl (C=O) groups excluding carboxylic acids is 1. The van der Waals surface area contributed by atoms with Crippen molar-refractivity contribution in [3.05, 3.63) is 35.1 Å². The van der Waals surface area contributed by atoms with Gasteiger partial charge in [0.2, 0.25) is 5.91 Å². The predicted molar refractivity (Wildman–Crippen MR) is 89.4 cm³/mol. The number of piperidine rings is 1. The number of rotatable bonds is 3. The van der Waals surface area contributed by atoms with E-state index in [-0.39, 0.29) is 11.8 Å². The van der Waals surface area contributed by atoms with Crippen molar-refractivity contribution in [2.75, 3.05) is 18.4 Å². The van der Waals surface area contributed by atoms with E-state index < -0.39 is 10.0 Å². The summed E-state index contributed by atoms with van der Waals surface area (Å²) in [5.41, 5.74) is 3.61. The predicted octanol–water partition coefficient (Wildman–Crippen LogP) is 1.60. The van der Waals surface area contributed by atoms with Crippen LogP contribution < -0.4 is 5.32 Å². The average molecular weight is 364 g/mol. The lowest BCUT2D eigenvalue weighted by atomic mass is 9.87. The van der Waals surface area contributed by atoms with Crippen molar-refractivity contribution in [1.29, 1.82) is 0 Å². The molecule has 9 heteroatoms. The molecule has 0 saturated carbocycles. The van der Waals surface area contributed by atoms with Crippen molar-refractivity contribution in [2.45, 2.75) is 29.4 Å². The van der Waals surface area contributed by atoms with Crippen LogP contribution in [0.15, 0.2) is 28.2 Å². The first-order valence-corrected chi connectivity index (χ1v) is 10.0. The number of amides is 1. The van der Waals surface area contributed by atoms with E-state index in [2.05, 4.69) is 15.3 Å². The van der Waals surface area contributed by atoms with Gasteiger partial charge in [0, 0.05) is 24.8 Å². The van der Waals surface area contributed by atoms with Crippen molar-refractivity contribution in [3.8, 4) is 0 Å². The minimum Gasteiger partial charge on any atom is -0.310 e. The third-order valence-corrected chi connectivity index (χ3v) is 7.73. The maximum atomic E-state index is 12.6. The molecule has 1 N–H and O–H groups in total. The summed E-state index contributed by atoms with van der Waals surface area (Å²) >= 11 is 1.14. The van der Waals surface area contributed by atoms with Crippen molar-refractivity contribution in [2.24, 2.45) is 0 Å². The van der Waals surface area contributed by atoms with E-state index in [1.54, 1.807) is 6.20 Å². The Labute approximate surface area is 143 Å². The fraction of sp³-hybridized carbons (Fsp3) is 0.400. The van der Waals surface area contributed by atoms with E-state index >= 15 is 0 Å². The fourth-order valence-electron chi connectivity index (χ4n) is 3.39. The van der Waals surface area contributed by atoms with E-state index in [1.807, 2.05) is 6.07 Å². The molecule has 4 heterocycles. The van der Waals surface area contributed by atoms with Crippen molar-refractivity contribution >= 4 is 33.1 Å². The Kier molecular flexibility index (Phi) is 3.86. The van der Waals surface area contributed by atoms with Gasteiger partial charge in [0.05, 0.1) is 18.1 Å².